The molecule has 132 valence electrons. The minimum atomic E-state index is -0.812. The molecule has 0 aliphatic carbocycles. The van der Waals surface area contributed by atoms with Crippen LogP contribution in [0.2, 0.25) is 0 Å². The summed E-state index contributed by atoms with van der Waals surface area (Å²) in [6.07, 6.45) is 0. The zero-order chi connectivity index (χ0) is 18.8. The monoisotopic (exact) mass is 355 g/mol. The van der Waals surface area contributed by atoms with E-state index in [0.717, 1.165) is 6.07 Å². The van der Waals surface area contributed by atoms with E-state index >= 15 is 0 Å². The van der Waals surface area contributed by atoms with Gasteiger partial charge in [0.25, 0.3) is 5.91 Å². The van der Waals surface area contributed by atoms with Crippen molar-refractivity contribution in [3.05, 3.63) is 69.8 Å². The summed E-state index contributed by atoms with van der Waals surface area (Å²) in [6, 6.07) is 9.86. The average Bonchev–Trinajstić information content (AvgIpc) is 2.64. The van der Waals surface area contributed by atoms with Crippen molar-refractivity contribution in [3.8, 4) is 0 Å². The van der Waals surface area contributed by atoms with E-state index in [1.165, 1.54) is 36.1 Å². The molecule has 1 amide bonds. The number of nitrogens with one attached hydrogen (secondary N) is 1. The zero-order valence-electron chi connectivity index (χ0n) is 13.9. The maximum Gasteiger partial charge on any atom is 0.339 e. The fraction of sp³-hybridized carbons (Fsp3) is 0.111. The van der Waals surface area contributed by atoms with Gasteiger partial charge in [0.1, 0.15) is 5.82 Å². The fourth-order valence-electron chi connectivity index (χ4n) is 2.56. The van der Waals surface area contributed by atoms with Crippen LogP contribution in [0.3, 0.4) is 0 Å². The van der Waals surface area contributed by atoms with Gasteiger partial charge in [-0.15, -0.1) is 0 Å². The summed E-state index contributed by atoms with van der Waals surface area (Å²) in [4.78, 5) is 36.9. The Bertz CT molecular complexity index is 1090. The number of aryl methyl sites for hydroxylation is 1. The van der Waals surface area contributed by atoms with Crippen LogP contribution in [-0.4, -0.2) is 28.8 Å². The number of hydrogen-bond acceptors (Lipinski definition) is 5. The first-order valence-electron chi connectivity index (χ1n) is 7.57. The molecule has 8 heteroatoms. The third-order valence-corrected chi connectivity index (χ3v) is 3.81. The van der Waals surface area contributed by atoms with Crippen molar-refractivity contribution in [2.45, 2.75) is 0 Å². The number of methoxy groups -OCH3 is 1. The molecule has 0 unspecified atom stereocenters. The quantitative estimate of drug-likeness (QED) is 0.727. The van der Waals surface area contributed by atoms with Gasteiger partial charge in [-0.3, -0.25) is 14.3 Å². The van der Waals surface area contributed by atoms with Crippen molar-refractivity contribution < 1.29 is 18.7 Å². The van der Waals surface area contributed by atoms with E-state index in [0.29, 0.717) is 5.52 Å². The van der Waals surface area contributed by atoms with Gasteiger partial charge in [-0.1, -0.05) is 12.1 Å². The standard InChI is InChI=1S/C18H14FN3O4/c1-22-14-8-7-10(19)9-12(14)16(23)15(21-22)17(24)20-13-6-4-3-5-11(13)18(25)26-2/h3-9H,1-2H3,(H,20,24). The Hall–Kier alpha value is -3.55. The predicted octanol–water partition coefficient (Wildman–Crippen LogP) is 2.11. The lowest BCUT2D eigenvalue weighted by Crippen LogP contribution is -2.27. The highest BCUT2D eigenvalue weighted by atomic mass is 19.1. The third-order valence-electron chi connectivity index (χ3n) is 3.81. The Kier molecular flexibility index (Phi) is 4.49. The number of rotatable bonds is 3. The first-order chi connectivity index (χ1) is 12.4. The van der Waals surface area contributed by atoms with Gasteiger partial charge < -0.3 is 10.1 Å². The summed E-state index contributed by atoms with van der Waals surface area (Å²) in [7, 11) is 2.76. The van der Waals surface area contributed by atoms with Crippen LogP contribution in [0.15, 0.2) is 47.3 Å². The van der Waals surface area contributed by atoms with Crippen molar-refractivity contribution in [1.29, 1.82) is 0 Å². The lowest BCUT2D eigenvalue weighted by Gasteiger charge is -2.11. The first-order valence-corrected chi connectivity index (χ1v) is 7.57. The SMILES string of the molecule is COC(=O)c1ccccc1NC(=O)c1nn(C)c2ccc(F)cc2c1=O. The number of aromatic nitrogens is 2. The summed E-state index contributed by atoms with van der Waals surface area (Å²) in [5.74, 6) is -2.04. The molecule has 0 saturated carbocycles. The summed E-state index contributed by atoms with van der Waals surface area (Å²) >= 11 is 0. The molecule has 0 saturated heterocycles. The molecule has 0 spiro atoms. The Morgan fingerprint density at radius 2 is 1.92 bits per heavy atom. The van der Waals surface area contributed by atoms with Crippen molar-refractivity contribution >= 4 is 28.5 Å². The number of carbonyl (C=O) groups excluding carboxylic acids is 2. The number of fused-ring (bicyclic) bond motifs is 1. The molecule has 3 aromatic rings. The molecule has 0 atom stereocenters. The largest absolute Gasteiger partial charge is 0.465 e. The molecule has 26 heavy (non-hydrogen) atoms. The summed E-state index contributed by atoms with van der Waals surface area (Å²) in [5, 5.41) is 6.49. The second-order valence-corrected chi connectivity index (χ2v) is 5.45. The summed E-state index contributed by atoms with van der Waals surface area (Å²) < 4.78 is 19.5. The third kappa shape index (κ3) is 3.04. The second-order valence-electron chi connectivity index (χ2n) is 5.45. The van der Waals surface area contributed by atoms with E-state index in [9.17, 15) is 18.8 Å². The Morgan fingerprint density at radius 3 is 2.65 bits per heavy atom. The van der Waals surface area contributed by atoms with Crippen molar-refractivity contribution in [1.82, 2.24) is 9.78 Å². The summed E-state index contributed by atoms with van der Waals surface area (Å²) in [6.45, 7) is 0. The number of amides is 1. The van der Waals surface area contributed by atoms with Gasteiger partial charge in [-0.2, -0.15) is 5.10 Å². The molecule has 7 nitrogen and oxygen atoms in total. The molecule has 0 radical (unpaired) electrons. The molecule has 0 aliphatic heterocycles. The van der Waals surface area contributed by atoms with Gasteiger partial charge in [0.2, 0.25) is 5.43 Å². The predicted molar refractivity (Wildman–Crippen MR) is 92.7 cm³/mol. The number of anilines is 1. The smallest absolute Gasteiger partial charge is 0.339 e. The molecule has 3 rings (SSSR count). The number of esters is 1. The lowest BCUT2D eigenvalue weighted by molar-refractivity contribution is 0.0602. The van der Waals surface area contributed by atoms with Gasteiger partial charge in [0.15, 0.2) is 5.69 Å². The van der Waals surface area contributed by atoms with Crippen LogP contribution >= 0.6 is 0 Å². The molecule has 0 fully saturated rings. The van der Waals surface area contributed by atoms with Gasteiger partial charge >= 0.3 is 5.97 Å². The van der Waals surface area contributed by atoms with E-state index in [1.807, 2.05) is 0 Å². The molecule has 1 aromatic heterocycles. The number of halogens is 1. The van der Waals surface area contributed by atoms with Crippen molar-refractivity contribution in [2.24, 2.45) is 7.05 Å². The van der Waals surface area contributed by atoms with Crippen LogP contribution in [0.1, 0.15) is 20.8 Å². The minimum absolute atomic E-state index is 0.0360. The Labute approximate surface area is 147 Å². The molecule has 0 bridgehead atoms. The number of carbonyl (C=O) groups is 2. The summed E-state index contributed by atoms with van der Waals surface area (Å²) in [5.41, 5.74) is -0.418. The first kappa shape index (κ1) is 17.3. The second kappa shape index (κ2) is 6.75. The maximum atomic E-state index is 13.5. The van der Waals surface area contributed by atoms with E-state index in [-0.39, 0.29) is 16.6 Å². The van der Waals surface area contributed by atoms with Gasteiger partial charge in [-0.25, -0.2) is 9.18 Å². The van der Waals surface area contributed by atoms with E-state index < -0.39 is 28.8 Å². The van der Waals surface area contributed by atoms with Crippen molar-refractivity contribution in [3.63, 3.8) is 0 Å². The zero-order valence-corrected chi connectivity index (χ0v) is 13.9. The highest BCUT2D eigenvalue weighted by molar-refractivity contribution is 6.07. The Balaban J connectivity index is 2.06. The van der Waals surface area contributed by atoms with E-state index in [2.05, 4.69) is 15.2 Å². The molecular weight excluding hydrogens is 341 g/mol. The molecule has 0 aliphatic rings. The fourth-order valence-corrected chi connectivity index (χ4v) is 2.56. The highest BCUT2D eigenvalue weighted by Gasteiger charge is 2.19. The normalized spacial score (nSPS) is 10.6. The number of ether oxygens (including phenoxy) is 1. The molecule has 1 N–H and O–H groups in total. The Morgan fingerprint density at radius 1 is 1.19 bits per heavy atom. The van der Waals surface area contributed by atoms with Crippen molar-refractivity contribution in [2.75, 3.05) is 12.4 Å². The minimum Gasteiger partial charge on any atom is -0.465 e. The van der Waals surface area contributed by atoms with E-state index in [4.69, 9.17) is 0 Å². The average molecular weight is 355 g/mol. The molecular formula is C18H14FN3O4. The number of benzene rings is 2. The van der Waals surface area contributed by atoms with Crippen LogP contribution < -0.4 is 10.7 Å². The lowest BCUT2D eigenvalue weighted by atomic mass is 10.1. The maximum absolute atomic E-state index is 13.5. The highest BCUT2D eigenvalue weighted by Crippen LogP contribution is 2.17. The van der Waals surface area contributed by atoms with Crippen LogP contribution in [0.4, 0.5) is 10.1 Å². The number of nitrogens with zero attached hydrogens (tertiary/aromatic N) is 2. The van der Waals surface area contributed by atoms with Crippen LogP contribution in [-0.2, 0) is 11.8 Å². The van der Waals surface area contributed by atoms with Crippen LogP contribution in [0.5, 0.6) is 0 Å². The number of hydrogen-bond donors (Lipinski definition) is 1. The topological polar surface area (TPSA) is 90.3 Å². The van der Waals surface area contributed by atoms with Gasteiger partial charge in [0.05, 0.1) is 29.3 Å². The van der Waals surface area contributed by atoms with Gasteiger partial charge in [0, 0.05) is 7.05 Å². The van der Waals surface area contributed by atoms with Crippen LogP contribution in [0.25, 0.3) is 10.9 Å². The molecule has 1 heterocycles. The van der Waals surface area contributed by atoms with Crippen LogP contribution in [0, 0.1) is 5.82 Å². The number of para-hydroxylation sites is 1. The molecule has 2 aromatic carbocycles. The van der Waals surface area contributed by atoms with E-state index in [1.54, 1.807) is 19.2 Å². The van der Waals surface area contributed by atoms with Gasteiger partial charge in [-0.05, 0) is 30.3 Å².